The van der Waals surface area contributed by atoms with Crippen molar-refractivity contribution in [1.82, 2.24) is 14.6 Å². The summed E-state index contributed by atoms with van der Waals surface area (Å²) < 4.78 is 8.68. The Morgan fingerprint density at radius 1 is 1.07 bits per heavy atom. The van der Waals surface area contributed by atoms with Gasteiger partial charge < -0.3 is 4.42 Å². The number of furan rings is 1. The fourth-order valence-corrected chi connectivity index (χ4v) is 4.42. The summed E-state index contributed by atoms with van der Waals surface area (Å²) in [5.41, 5.74) is 1.49. The molecule has 3 heterocycles. The molecule has 8 heteroatoms. The van der Waals surface area contributed by atoms with Crippen LogP contribution in [-0.2, 0) is 0 Å². The summed E-state index contributed by atoms with van der Waals surface area (Å²) >= 11 is 10.8. The molecule has 0 N–H and O–H groups in total. The van der Waals surface area contributed by atoms with Gasteiger partial charge in [-0.1, -0.05) is 63.1 Å². The number of fused-ring (bicyclic) bond motifs is 1. The van der Waals surface area contributed by atoms with Crippen LogP contribution in [0.15, 0.2) is 74.3 Å². The van der Waals surface area contributed by atoms with E-state index in [0.29, 0.717) is 26.1 Å². The molecular weight excluding hydrogens is 474 g/mol. The third-order valence-electron chi connectivity index (χ3n) is 4.27. The average Bonchev–Trinajstić information content (AvgIpc) is 3.40. The van der Waals surface area contributed by atoms with Crippen molar-refractivity contribution in [1.29, 1.82) is 0 Å². The minimum Gasteiger partial charge on any atom is -0.457 e. The lowest BCUT2D eigenvalue weighted by molar-refractivity contribution is 0.571. The van der Waals surface area contributed by atoms with Crippen molar-refractivity contribution in [3.63, 3.8) is 0 Å². The van der Waals surface area contributed by atoms with Gasteiger partial charge in [0.2, 0.25) is 4.96 Å². The highest BCUT2D eigenvalue weighted by Crippen LogP contribution is 2.25. The van der Waals surface area contributed by atoms with Crippen LogP contribution in [-0.4, -0.2) is 14.6 Å². The van der Waals surface area contributed by atoms with Gasteiger partial charge in [0, 0.05) is 26.7 Å². The highest BCUT2D eigenvalue weighted by Gasteiger charge is 2.13. The van der Waals surface area contributed by atoms with E-state index < -0.39 is 0 Å². The van der Waals surface area contributed by atoms with Crippen LogP contribution in [0.3, 0.4) is 0 Å². The minimum absolute atomic E-state index is 0.230. The number of thiazole rings is 1. The first-order valence-electron chi connectivity index (χ1n) is 8.60. The molecule has 0 bridgehead atoms. The number of nitrogens with zero attached hydrogens (tertiary/aromatic N) is 3. The number of hydrogen-bond acceptors (Lipinski definition) is 5. The zero-order valence-corrected chi connectivity index (χ0v) is 17.8. The van der Waals surface area contributed by atoms with Gasteiger partial charge in [-0.3, -0.25) is 4.79 Å². The first-order valence-corrected chi connectivity index (χ1v) is 10.6. The Morgan fingerprint density at radius 2 is 1.90 bits per heavy atom. The molecular formula is C21H11BrClN3O2S. The Balaban J connectivity index is 1.53. The van der Waals surface area contributed by atoms with E-state index in [-0.39, 0.29) is 5.56 Å². The number of benzene rings is 2. The molecule has 0 fully saturated rings. The van der Waals surface area contributed by atoms with Crippen LogP contribution in [0.4, 0.5) is 0 Å². The third kappa shape index (κ3) is 3.53. The molecule has 0 aliphatic carbocycles. The van der Waals surface area contributed by atoms with E-state index in [1.165, 1.54) is 15.9 Å². The highest BCUT2D eigenvalue weighted by atomic mass is 79.9. The Labute approximate surface area is 182 Å². The van der Waals surface area contributed by atoms with Gasteiger partial charge in [0.1, 0.15) is 16.1 Å². The summed E-state index contributed by atoms with van der Waals surface area (Å²) in [6, 6.07) is 18.8. The molecule has 142 valence electrons. The Morgan fingerprint density at radius 3 is 2.69 bits per heavy atom. The summed E-state index contributed by atoms with van der Waals surface area (Å²) in [7, 11) is 0. The molecule has 0 aliphatic rings. The molecule has 0 radical (unpaired) electrons. The quantitative estimate of drug-likeness (QED) is 0.360. The van der Waals surface area contributed by atoms with Gasteiger partial charge in [-0.2, -0.15) is 9.50 Å². The predicted molar refractivity (Wildman–Crippen MR) is 118 cm³/mol. The predicted octanol–water partition coefficient (Wildman–Crippen LogP) is 5.04. The lowest BCUT2D eigenvalue weighted by Crippen LogP contribution is -2.23. The van der Waals surface area contributed by atoms with Crippen LogP contribution in [0, 0.1) is 0 Å². The SMILES string of the molecule is O=c1/c(=C/c2ccc(-c3cccc(Br)c3)o2)sc2nc(-c3cccc(Cl)c3)nn12. The van der Waals surface area contributed by atoms with Crippen molar-refractivity contribution in [2.75, 3.05) is 0 Å². The van der Waals surface area contributed by atoms with Gasteiger partial charge in [-0.05, 0) is 36.4 Å². The molecule has 2 aromatic carbocycles. The lowest BCUT2D eigenvalue weighted by atomic mass is 10.2. The third-order valence-corrected chi connectivity index (χ3v) is 5.96. The number of aromatic nitrogens is 3. The normalized spacial score (nSPS) is 12.1. The second kappa shape index (κ2) is 7.26. The van der Waals surface area contributed by atoms with Crippen LogP contribution in [0.1, 0.15) is 5.76 Å². The average molecular weight is 485 g/mol. The Hall–Kier alpha value is -2.74. The lowest BCUT2D eigenvalue weighted by Gasteiger charge is -1.96. The largest absolute Gasteiger partial charge is 0.457 e. The van der Waals surface area contributed by atoms with E-state index in [4.69, 9.17) is 16.0 Å². The first kappa shape index (κ1) is 18.3. The minimum atomic E-state index is -0.230. The van der Waals surface area contributed by atoms with E-state index in [9.17, 15) is 4.79 Å². The van der Waals surface area contributed by atoms with Crippen molar-refractivity contribution in [2.24, 2.45) is 0 Å². The van der Waals surface area contributed by atoms with E-state index in [2.05, 4.69) is 26.0 Å². The Kier molecular flexibility index (Phi) is 4.58. The molecule has 0 saturated heterocycles. The second-order valence-corrected chi connectivity index (χ2v) is 8.63. The van der Waals surface area contributed by atoms with E-state index in [1.54, 1.807) is 18.2 Å². The molecule has 0 saturated carbocycles. The summed E-state index contributed by atoms with van der Waals surface area (Å²) in [6.07, 6.45) is 1.71. The molecule has 5 nitrogen and oxygen atoms in total. The van der Waals surface area contributed by atoms with Crippen LogP contribution in [0.2, 0.25) is 5.02 Å². The van der Waals surface area contributed by atoms with Crippen molar-refractivity contribution < 1.29 is 4.42 Å². The number of halogens is 2. The van der Waals surface area contributed by atoms with Crippen molar-refractivity contribution in [3.05, 3.63) is 90.8 Å². The van der Waals surface area contributed by atoms with Gasteiger partial charge in [-0.25, -0.2) is 0 Å². The van der Waals surface area contributed by atoms with Gasteiger partial charge >= 0.3 is 0 Å². The van der Waals surface area contributed by atoms with Crippen LogP contribution in [0.5, 0.6) is 0 Å². The van der Waals surface area contributed by atoms with E-state index in [0.717, 1.165) is 21.4 Å². The zero-order chi connectivity index (χ0) is 20.0. The maximum atomic E-state index is 12.7. The summed E-state index contributed by atoms with van der Waals surface area (Å²) in [4.78, 5) is 17.7. The van der Waals surface area contributed by atoms with Gasteiger partial charge in [-0.15, -0.1) is 5.10 Å². The molecule has 0 atom stereocenters. The van der Waals surface area contributed by atoms with Crippen LogP contribution in [0.25, 0.3) is 33.7 Å². The molecule has 29 heavy (non-hydrogen) atoms. The van der Waals surface area contributed by atoms with Crippen molar-refractivity contribution >= 4 is 49.9 Å². The smallest absolute Gasteiger partial charge is 0.291 e. The van der Waals surface area contributed by atoms with Crippen LogP contribution >= 0.6 is 38.9 Å². The standard InChI is InChI=1S/C21H11BrClN3O2S/c22-14-5-1-3-12(9-14)17-8-7-16(28-17)11-18-20(27)26-21(29-18)24-19(25-26)13-4-2-6-15(23)10-13/h1-11H/b18-11-. The Bertz CT molecular complexity index is 1470. The van der Waals surface area contributed by atoms with E-state index >= 15 is 0 Å². The maximum absolute atomic E-state index is 12.7. The molecule has 0 amide bonds. The first-order chi connectivity index (χ1) is 14.1. The molecule has 5 rings (SSSR count). The number of hydrogen-bond donors (Lipinski definition) is 0. The van der Waals surface area contributed by atoms with Gasteiger partial charge in [0.05, 0.1) is 0 Å². The molecule has 5 aromatic rings. The zero-order valence-electron chi connectivity index (χ0n) is 14.7. The fraction of sp³-hybridized carbons (Fsp3) is 0. The molecule has 0 spiro atoms. The van der Waals surface area contributed by atoms with Crippen LogP contribution < -0.4 is 10.1 Å². The molecule has 0 unspecified atom stereocenters. The molecule has 0 aliphatic heterocycles. The van der Waals surface area contributed by atoms with Crippen molar-refractivity contribution in [2.45, 2.75) is 0 Å². The maximum Gasteiger partial charge on any atom is 0.291 e. The monoisotopic (exact) mass is 483 g/mol. The summed E-state index contributed by atoms with van der Waals surface area (Å²) in [5.74, 6) is 1.79. The fourth-order valence-electron chi connectivity index (χ4n) is 2.94. The summed E-state index contributed by atoms with van der Waals surface area (Å²) in [6.45, 7) is 0. The van der Waals surface area contributed by atoms with Gasteiger partial charge in [0.25, 0.3) is 5.56 Å². The number of rotatable bonds is 3. The second-order valence-electron chi connectivity index (χ2n) is 6.27. The van der Waals surface area contributed by atoms with Crippen molar-refractivity contribution in [3.8, 4) is 22.7 Å². The van der Waals surface area contributed by atoms with E-state index in [1.807, 2.05) is 48.5 Å². The molecule has 3 aromatic heterocycles. The highest BCUT2D eigenvalue weighted by molar-refractivity contribution is 9.10. The van der Waals surface area contributed by atoms with Gasteiger partial charge in [0.15, 0.2) is 5.82 Å². The topological polar surface area (TPSA) is 60.4 Å². The summed E-state index contributed by atoms with van der Waals surface area (Å²) in [5, 5.41) is 4.93.